The lowest BCUT2D eigenvalue weighted by Crippen LogP contribution is -2.42. The summed E-state index contributed by atoms with van der Waals surface area (Å²) in [7, 11) is 0. The molecule has 3 atom stereocenters. The number of nitrogens with one attached hydrogen (secondary N) is 2. The lowest BCUT2D eigenvalue weighted by atomic mass is 9.95. The fraction of sp³-hybridized carbons (Fsp3) is 0.375. The minimum Gasteiger partial charge on any atom is -0.348 e. The average molecular weight is 280 g/mol. The maximum absolute atomic E-state index is 12.4. The summed E-state index contributed by atoms with van der Waals surface area (Å²) in [5, 5.41) is 15.7. The molecule has 0 spiro atoms. The first kappa shape index (κ1) is 12.4. The molecule has 106 valence electrons. The summed E-state index contributed by atoms with van der Waals surface area (Å²) in [6, 6.07) is 8.71. The van der Waals surface area contributed by atoms with Crippen molar-refractivity contribution in [2.75, 3.05) is 0 Å². The Balaban J connectivity index is 1.58. The summed E-state index contributed by atoms with van der Waals surface area (Å²) in [5.41, 5.74) is 1.97. The van der Waals surface area contributed by atoms with Gasteiger partial charge in [-0.1, -0.05) is 0 Å². The first-order valence-electron chi connectivity index (χ1n) is 7.32. The van der Waals surface area contributed by atoms with Gasteiger partial charge in [0, 0.05) is 36.1 Å². The van der Waals surface area contributed by atoms with Crippen LogP contribution < -0.4 is 10.6 Å². The number of carbonyl (C=O) groups excluding carboxylic acids is 1. The van der Waals surface area contributed by atoms with Crippen LogP contribution in [0, 0.1) is 11.3 Å². The maximum Gasteiger partial charge on any atom is 0.251 e. The number of hydrogen-bond donors (Lipinski definition) is 2. The van der Waals surface area contributed by atoms with Crippen molar-refractivity contribution in [3.8, 4) is 6.07 Å². The van der Waals surface area contributed by atoms with Crippen LogP contribution in [0.5, 0.6) is 0 Å². The Kier molecular flexibility index (Phi) is 2.72. The van der Waals surface area contributed by atoms with Crippen LogP contribution in [-0.4, -0.2) is 28.4 Å². The molecule has 3 unspecified atom stereocenters. The molecule has 2 fully saturated rings. The van der Waals surface area contributed by atoms with E-state index in [1.165, 1.54) is 6.42 Å². The van der Waals surface area contributed by atoms with Crippen molar-refractivity contribution in [1.82, 2.24) is 15.0 Å². The molecule has 21 heavy (non-hydrogen) atoms. The monoisotopic (exact) mass is 280 g/mol. The standard InChI is InChI=1S/C16H16N4O/c17-9-11-4-6-20-5-3-10(7-15(11)20)16(21)19-14-8-12-1-2-13(14)18-12/h3-7,12-14,18H,1-2,8H2,(H,19,21). The Morgan fingerprint density at radius 2 is 2.24 bits per heavy atom. The zero-order valence-corrected chi connectivity index (χ0v) is 11.5. The third-order valence-corrected chi connectivity index (χ3v) is 4.66. The van der Waals surface area contributed by atoms with Crippen molar-refractivity contribution in [2.45, 2.75) is 37.4 Å². The first-order chi connectivity index (χ1) is 10.2. The summed E-state index contributed by atoms with van der Waals surface area (Å²) in [4.78, 5) is 12.4. The van der Waals surface area contributed by atoms with Gasteiger partial charge in [0.25, 0.3) is 5.91 Å². The van der Waals surface area contributed by atoms with E-state index in [0.29, 0.717) is 23.2 Å². The van der Waals surface area contributed by atoms with Crippen molar-refractivity contribution in [1.29, 1.82) is 5.26 Å². The van der Waals surface area contributed by atoms with Crippen molar-refractivity contribution >= 4 is 11.4 Å². The fourth-order valence-corrected chi connectivity index (χ4v) is 3.57. The van der Waals surface area contributed by atoms with Gasteiger partial charge in [0.05, 0.1) is 11.1 Å². The van der Waals surface area contributed by atoms with Crippen LogP contribution in [0.1, 0.15) is 35.2 Å². The van der Waals surface area contributed by atoms with Gasteiger partial charge in [-0.05, 0) is 37.5 Å². The van der Waals surface area contributed by atoms with Crippen LogP contribution in [0.2, 0.25) is 0 Å². The van der Waals surface area contributed by atoms with Crippen molar-refractivity contribution in [3.63, 3.8) is 0 Å². The maximum atomic E-state index is 12.4. The van der Waals surface area contributed by atoms with Gasteiger partial charge >= 0.3 is 0 Å². The van der Waals surface area contributed by atoms with E-state index in [2.05, 4.69) is 16.7 Å². The number of rotatable bonds is 2. The van der Waals surface area contributed by atoms with Crippen LogP contribution in [-0.2, 0) is 0 Å². The molecule has 0 aliphatic carbocycles. The van der Waals surface area contributed by atoms with E-state index >= 15 is 0 Å². The molecule has 2 bridgehead atoms. The summed E-state index contributed by atoms with van der Waals surface area (Å²) in [6.45, 7) is 0. The summed E-state index contributed by atoms with van der Waals surface area (Å²) < 4.78 is 1.86. The normalized spacial score (nSPS) is 26.9. The SMILES string of the molecule is N#Cc1ccn2ccc(C(=O)NC3CC4CCC3N4)cc12. The van der Waals surface area contributed by atoms with Gasteiger partial charge in [-0.25, -0.2) is 0 Å². The van der Waals surface area contributed by atoms with E-state index in [4.69, 9.17) is 5.26 Å². The highest BCUT2D eigenvalue weighted by molar-refractivity contribution is 5.95. The van der Waals surface area contributed by atoms with Gasteiger partial charge in [-0.3, -0.25) is 4.79 Å². The van der Waals surface area contributed by atoms with Gasteiger partial charge in [0.15, 0.2) is 0 Å². The minimum atomic E-state index is -0.0538. The van der Waals surface area contributed by atoms with Crippen LogP contribution in [0.25, 0.3) is 5.52 Å². The van der Waals surface area contributed by atoms with E-state index < -0.39 is 0 Å². The second kappa shape index (κ2) is 4.61. The fourth-order valence-electron chi connectivity index (χ4n) is 3.57. The van der Waals surface area contributed by atoms with E-state index in [0.717, 1.165) is 18.4 Å². The van der Waals surface area contributed by atoms with Crippen molar-refractivity contribution in [2.24, 2.45) is 0 Å². The molecule has 0 aromatic carbocycles. The predicted octanol–water partition coefficient (Wildman–Crippen LogP) is 1.43. The Bertz CT molecular complexity index is 757. The van der Waals surface area contributed by atoms with Crippen LogP contribution in [0.3, 0.4) is 0 Å². The van der Waals surface area contributed by atoms with Gasteiger partial charge in [0.1, 0.15) is 6.07 Å². The Hall–Kier alpha value is -2.32. The van der Waals surface area contributed by atoms with Crippen molar-refractivity contribution < 1.29 is 4.79 Å². The number of fused-ring (bicyclic) bond motifs is 3. The van der Waals surface area contributed by atoms with E-state index in [9.17, 15) is 4.79 Å². The number of amides is 1. The predicted molar refractivity (Wildman–Crippen MR) is 77.9 cm³/mol. The second-order valence-electron chi connectivity index (χ2n) is 5.91. The van der Waals surface area contributed by atoms with Crippen molar-refractivity contribution in [3.05, 3.63) is 41.7 Å². The molecule has 0 saturated carbocycles. The van der Waals surface area contributed by atoms with E-state index in [-0.39, 0.29) is 11.9 Å². The minimum absolute atomic E-state index is 0.0538. The second-order valence-corrected chi connectivity index (χ2v) is 5.91. The Morgan fingerprint density at radius 3 is 2.95 bits per heavy atom. The van der Waals surface area contributed by atoms with Gasteiger partial charge in [-0.2, -0.15) is 5.26 Å². The number of carbonyl (C=O) groups is 1. The van der Waals surface area contributed by atoms with E-state index in [1.54, 1.807) is 18.2 Å². The lowest BCUT2D eigenvalue weighted by molar-refractivity contribution is 0.0931. The van der Waals surface area contributed by atoms with Gasteiger partial charge < -0.3 is 15.0 Å². The highest BCUT2D eigenvalue weighted by atomic mass is 16.1. The Labute approximate surface area is 122 Å². The number of aromatic nitrogens is 1. The number of pyridine rings is 1. The van der Waals surface area contributed by atoms with Crippen LogP contribution in [0.15, 0.2) is 30.6 Å². The zero-order chi connectivity index (χ0) is 14.4. The van der Waals surface area contributed by atoms with E-state index in [1.807, 2.05) is 16.8 Å². The molecule has 5 nitrogen and oxygen atoms in total. The Morgan fingerprint density at radius 1 is 1.38 bits per heavy atom. The summed E-state index contributed by atoms with van der Waals surface area (Å²) in [5.74, 6) is -0.0538. The average Bonchev–Trinajstić information content (AvgIpc) is 3.21. The molecule has 2 aromatic rings. The molecular weight excluding hydrogens is 264 g/mol. The molecule has 4 heterocycles. The third kappa shape index (κ3) is 1.99. The summed E-state index contributed by atoms with van der Waals surface area (Å²) in [6.07, 6.45) is 7.04. The van der Waals surface area contributed by atoms with Gasteiger partial charge in [0.2, 0.25) is 0 Å². The third-order valence-electron chi connectivity index (χ3n) is 4.66. The smallest absolute Gasteiger partial charge is 0.251 e. The first-order valence-corrected chi connectivity index (χ1v) is 7.32. The van der Waals surface area contributed by atoms with Crippen LogP contribution >= 0.6 is 0 Å². The number of nitrogens with zero attached hydrogens (tertiary/aromatic N) is 2. The molecule has 2 aromatic heterocycles. The molecule has 0 radical (unpaired) electrons. The lowest BCUT2D eigenvalue weighted by Gasteiger charge is -2.21. The summed E-state index contributed by atoms with van der Waals surface area (Å²) >= 11 is 0. The molecular formula is C16H16N4O. The molecule has 4 rings (SSSR count). The molecule has 5 heteroatoms. The van der Waals surface area contributed by atoms with Crippen LogP contribution in [0.4, 0.5) is 0 Å². The largest absolute Gasteiger partial charge is 0.348 e. The molecule has 2 saturated heterocycles. The quantitative estimate of drug-likeness (QED) is 0.874. The molecule has 2 aliphatic heterocycles. The highest BCUT2D eigenvalue weighted by Gasteiger charge is 2.39. The number of nitriles is 1. The number of hydrogen-bond acceptors (Lipinski definition) is 3. The molecule has 2 aliphatic rings. The topological polar surface area (TPSA) is 69.3 Å². The van der Waals surface area contributed by atoms with Gasteiger partial charge in [-0.15, -0.1) is 0 Å². The molecule has 1 amide bonds. The highest BCUT2D eigenvalue weighted by Crippen LogP contribution is 2.28. The molecule has 2 N–H and O–H groups in total. The zero-order valence-electron chi connectivity index (χ0n) is 11.5.